The van der Waals surface area contributed by atoms with Gasteiger partial charge in [0.2, 0.25) is 10.0 Å². The maximum Gasteiger partial charge on any atom is 0.321 e. The third-order valence-corrected chi connectivity index (χ3v) is 4.72. The predicted molar refractivity (Wildman–Crippen MR) is 77.8 cm³/mol. The van der Waals surface area contributed by atoms with E-state index in [0.717, 1.165) is 6.42 Å². The Hall–Kier alpha value is -1.87. The van der Waals surface area contributed by atoms with Crippen molar-refractivity contribution in [2.24, 2.45) is 0 Å². The van der Waals surface area contributed by atoms with E-state index in [0.29, 0.717) is 18.8 Å². The Morgan fingerprint density at radius 2 is 2.14 bits per heavy atom. The van der Waals surface area contributed by atoms with Gasteiger partial charge < -0.3 is 14.2 Å². The number of carbonyl (C=O) groups excluding carboxylic acids is 2. The Morgan fingerprint density at radius 1 is 1.41 bits per heavy atom. The van der Waals surface area contributed by atoms with Crippen LogP contribution in [0.25, 0.3) is 0 Å². The fourth-order valence-electron chi connectivity index (χ4n) is 2.22. The minimum absolute atomic E-state index is 0.0320. The lowest BCUT2D eigenvalue weighted by Gasteiger charge is -2.12. The molecule has 0 saturated carbocycles. The average molecular weight is 329 g/mol. The zero-order valence-electron chi connectivity index (χ0n) is 12.5. The number of nitrogens with zero attached hydrogens (tertiary/aromatic N) is 2. The summed E-state index contributed by atoms with van der Waals surface area (Å²) in [5.41, 5.74) is 0.330. The van der Waals surface area contributed by atoms with Crippen LogP contribution in [0.15, 0.2) is 17.2 Å². The van der Waals surface area contributed by atoms with Gasteiger partial charge in [0.05, 0.1) is 6.61 Å². The molecular weight excluding hydrogens is 310 g/mol. The SMILES string of the molecule is CCOC(=O)CNS(=O)(=O)c1cc2n(c1)CCCN(C)C2=O. The Morgan fingerprint density at radius 3 is 2.82 bits per heavy atom. The monoisotopic (exact) mass is 329 g/mol. The highest BCUT2D eigenvalue weighted by Gasteiger charge is 2.25. The fraction of sp³-hybridized carbons (Fsp3) is 0.538. The first-order valence-corrected chi connectivity index (χ1v) is 8.44. The van der Waals surface area contributed by atoms with Crippen molar-refractivity contribution >= 4 is 21.9 Å². The van der Waals surface area contributed by atoms with Crippen LogP contribution in [0.1, 0.15) is 23.8 Å². The molecule has 0 radical (unpaired) electrons. The smallest absolute Gasteiger partial charge is 0.321 e. The number of amides is 1. The molecule has 0 fully saturated rings. The second kappa shape index (κ2) is 6.49. The van der Waals surface area contributed by atoms with Crippen molar-refractivity contribution in [1.82, 2.24) is 14.2 Å². The van der Waals surface area contributed by atoms with Crippen LogP contribution in [0.3, 0.4) is 0 Å². The number of fused-ring (bicyclic) bond motifs is 1. The van der Waals surface area contributed by atoms with E-state index < -0.39 is 22.5 Å². The largest absolute Gasteiger partial charge is 0.465 e. The van der Waals surface area contributed by atoms with Crippen molar-refractivity contribution in [3.8, 4) is 0 Å². The van der Waals surface area contributed by atoms with Gasteiger partial charge in [-0.05, 0) is 19.4 Å². The summed E-state index contributed by atoms with van der Waals surface area (Å²) in [6.07, 6.45) is 2.17. The first-order valence-electron chi connectivity index (χ1n) is 6.96. The van der Waals surface area contributed by atoms with Crippen LogP contribution < -0.4 is 4.72 Å². The van der Waals surface area contributed by atoms with Gasteiger partial charge in [-0.1, -0.05) is 0 Å². The number of aryl methyl sites for hydroxylation is 1. The maximum absolute atomic E-state index is 12.2. The number of ether oxygens (including phenoxy) is 1. The van der Waals surface area contributed by atoms with E-state index in [1.807, 2.05) is 0 Å². The zero-order valence-corrected chi connectivity index (χ0v) is 13.4. The minimum Gasteiger partial charge on any atom is -0.465 e. The van der Waals surface area contributed by atoms with E-state index >= 15 is 0 Å². The molecule has 1 aromatic rings. The van der Waals surface area contributed by atoms with E-state index in [1.54, 1.807) is 23.4 Å². The maximum atomic E-state index is 12.2. The van der Waals surface area contributed by atoms with Gasteiger partial charge in [-0.2, -0.15) is 4.72 Å². The molecule has 1 amide bonds. The van der Waals surface area contributed by atoms with Crippen molar-refractivity contribution in [3.05, 3.63) is 18.0 Å². The number of aromatic nitrogens is 1. The molecule has 9 heteroatoms. The average Bonchev–Trinajstić information content (AvgIpc) is 2.84. The summed E-state index contributed by atoms with van der Waals surface area (Å²) in [6.45, 7) is 2.58. The highest BCUT2D eigenvalue weighted by molar-refractivity contribution is 7.89. The van der Waals surface area contributed by atoms with E-state index in [2.05, 4.69) is 9.46 Å². The lowest BCUT2D eigenvalue weighted by Crippen LogP contribution is -2.30. The minimum atomic E-state index is -3.86. The fourth-order valence-corrected chi connectivity index (χ4v) is 3.23. The summed E-state index contributed by atoms with van der Waals surface area (Å²) < 4.78 is 32.8. The predicted octanol–water partition coefficient (Wildman–Crippen LogP) is -0.195. The van der Waals surface area contributed by atoms with Crippen LogP contribution in [0, 0.1) is 0 Å². The van der Waals surface area contributed by atoms with Gasteiger partial charge in [-0.15, -0.1) is 0 Å². The molecule has 1 aromatic heterocycles. The highest BCUT2D eigenvalue weighted by Crippen LogP contribution is 2.18. The number of carbonyl (C=O) groups is 2. The van der Waals surface area contributed by atoms with Gasteiger partial charge in [-0.25, -0.2) is 8.42 Å². The van der Waals surface area contributed by atoms with Crippen LogP contribution in [0.2, 0.25) is 0 Å². The summed E-state index contributed by atoms with van der Waals surface area (Å²) in [7, 11) is -2.18. The van der Waals surface area contributed by atoms with E-state index in [4.69, 9.17) is 0 Å². The molecule has 22 heavy (non-hydrogen) atoms. The number of hydrogen-bond donors (Lipinski definition) is 1. The molecule has 2 rings (SSSR count). The van der Waals surface area contributed by atoms with Crippen LogP contribution >= 0.6 is 0 Å². The first kappa shape index (κ1) is 16.5. The van der Waals surface area contributed by atoms with E-state index in [9.17, 15) is 18.0 Å². The van der Waals surface area contributed by atoms with Gasteiger partial charge in [0, 0.05) is 26.3 Å². The molecule has 0 atom stereocenters. The van der Waals surface area contributed by atoms with Gasteiger partial charge in [0.1, 0.15) is 17.1 Å². The summed E-state index contributed by atoms with van der Waals surface area (Å²) in [5, 5.41) is 0. The van der Waals surface area contributed by atoms with Crippen molar-refractivity contribution in [1.29, 1.82) is 0 Å². The van der Waals surface area contributed by atoms with Gasteiger partial charge in [-0.3, -0.25) is 9.59 Å². The summed E-state index contributed by atoms with van der Waals surface area (Å²) in [5.74, 6) is -0.869. The Balaban J connectivity index is 2.19. The number of nitrogens with one attached hydrogen (secondary N) is 1. The molecule has 8 nitrogen and oxygen atoms in total. The van der Waals surface area contributed by atoms with Crippen LogP contribution in [0.4, 0.5) is 0 Å². The van der Waals surface area contributed by atoms with Crippen molar-refractivity contribution in [2.45, 2.75) is 24.8 Å². The van der Waals surface area contributed by atoms with Crippen molar-refractivity contribution < 1.29 is 22.7 Å². The molecule has 1 aliphatic rings. The lowest BCUT2D eigenvalue weighted by molar-refractivity contribution is -0.141. The molecule has 1 N–H and O–H groups in total. The van der Waals surface area contributed by atoms with Crippen LogP contribution in [0.5, 0.6) is 0 Å². The standard InChI is InChI=1S/C13H19N3O5S/c1-3-21-12(17)8-14-22(19,20)10-7-11-13(18)15(2)5-4-6-16(11)9-10/h7,9,14H,3-6,8H2,1-2H3. The number of sulfonamides is 1. The Kier molecular flexibility index (Phi) is 4.87. The number of esters is 1. The molecule has 0 bridgehead atoms. The molecule has 0 aromatic carbocycles. The van der Waals surface area contributed by atoms with Crippen LogP contribution in [-0.2, 0) is 26.1 Å². The second-order valence-electron chi connectivity index (χ2n) is 4.96. The third kappa shape index (κ3) is 3.47. The summed E-state index contributed by atoms with van der Waals surface area (Å²) >= 11 is 0. The van der Waals surface area contributed by atoms with E-state index in [1.165, 1.54) is 12.3 Å². The molecule has 2 heterocycles. The molecule has 0 unspecified atom stereocenters. The molecule has 0 spiro atoms. The van der Waals surface area contributed by atoms with Crippen LogP contribution in [-0.4, -0.2) is 56.5 Å². The quantitative estimate of drug-likeness (QED) is 0.755. The summed E-state index contributed by atoms with van der Waals surface area (Å²) in [6, 6.07) is 1.33. The lowest BCUT2D eigenvalue weighted by atomic mass is 10.4. The number of hydrogen-bond acceptors (Lipinski definition) is 5. The zero-order chi connectivity index (χ0) is 16.3. The van der Waals surface area contributed by atoms with E-state index in [-0.39, 0.29) is 17.4 Å². The van der Waals surface area contributed by atoms with Gasteiger partial charge >= 0.3 is 5.97 Å². The highest BCUT2D eigenvalue weighted by atomic mass is 32.2. The Bertz CT molecular complexity index is 680. The summed E-state index contributed by atoms with van der Waals surface area (Å²) in [4.78, 5) is 24.9. The third-order valence-electron chi connectivity index (χ3n) is 3.35. The molecular formula is C13H19N3O5S. The van der Waals surface area contributed by atoms with Crippen molar-refractivity contribution in [2.75, 3.05) is 26.7 Å². The molecule has 122 valence electrons. The normalized spacial score (nSPS) is 15.4. The number of rotatable bonds is 5. The molecule has 0 aliphatic carbocycles. The first-order chi connectivity index (χ1) is 10.3. The molecule has 0 saturated heterocycles. The second-order valence-corrected chi connectivity index (χ2v) is 6.73. The van der Waals surface area contributed by atoms with Gasteiger partial charge in [0.15, 0.2) is 0 Å². The molecule has 1 aliphatic heterocycles. The Labute approximate surface area is 129 Å². The topological polar surface area (TPSA) is 97.7 Å². The van der Waals surface area contributed by atoms with Gasteiger partial charge in [0.25, 0.3) is 5.91 Å². The van der Waals surface area contributed by atoms with Crippen molar-refractivity contribution in [3.63, 3.8) is 0 Å².